The lowest BCUT2D eigenvalue weighted by atomic mass is 10.0. The third-order valence-electron chi connectivity index (χ3n) is 3.83. The molecule has 104 valence electrons. The molecule has 3 N–H and O–H groups in total. The molecule has 0 aliphatic carbocycles. The van der Waals surface area contributed by atoms with Crippen LogP contribution in [0, 0.1) is 5.92 Å². The first-order valence-electron chi connectivity index (χ1n) is 6.43. The van der Waals surface area contributed by atoms with E-state index < -0.39 is 5.97 Å². The highest BCUT2D eigenvalue weighted by Crippen LogP contribution is 2.33. The Hall–Kier alpha value is -1.75. The maximum Gasteiger partial charge on any atom is 0.337 e. The van der Waals surface area contributed by atoms with E-state index in [1.54, 1.807) is 12.1 Å². The number of benzene rings is 1. The number of hydrogen-bond acceptors (Lipinski definition) is 5. The number of aliphatic hydroxyl groups excluding tert-OH is 1. The Morgan fingerprint density at radius 3 is 2.89 bits per heavy atom. The van der Waals surface area contributed by atoms with Crippen molar-refractivity contribution in [2.75, 3.05) is 30.9 Å². The second-order valence-electron chi connectivity index (χ2n) is 4.97. The van der Waals surface area contributed by atoms with Crippen LogP contribution in [0.1, 0.15) is 23.7 Å². The van der Waals surface area contributed by atoms with Crippen molar-refractivity contribution in [2.24, 2.45) is 5.92 Å². The highest BCUT2D eigenvalue weighted by molar-refractivity contribution is 5.92. The molecule has 5 heteroatoms. The van der Waals surface area contributed by atoms with E-state index in [1.165, 1.54) is 7.11 Å². The van der Waals surface area contributed by atoms with Gasteiger partial charge in [0.25, 0.3) is 0 Å². The van der Waals surface area contributed by atoms with Crippen molar-refractivity contribution in [3.8, 4) is 0 Å². The van der Waals surface area contributed by atoms with E-state index in [-0.39, 0.29) is 12.6 Å². The third-order valence-corrected chi connectivity index (χ3v) is 3.83. The third kappa shape index (κ3) is 2.51. The lowest BCUT2D eigenvalue weighted by Gasteiger charge is -2.28. The number of carbonyl (C=O) groups is 1. The molecular weight excluding hydrogens is 244 g/mol. The summed E-state index contributed by atoms with van der Waals surface area (Å²) in [6.45, 7) is 3.10. The van der Waals surface area contributed by atoms with Crippen LogP contribution in [0.3, 0.4) is 0 Å². The second-order valence-corrected chi connectivity index (χ2v) is 4.97. The summed E-state index contributed by atoms with van der Waals surface area (Å²) in [6.07, 6.45) is 1.03. The molecule has 2 unspecified atom stereocenters. The Labute approximate surface area is 113 Å². The number of hydrogen-bond donors (Lipinski definition) is 2. The predicted octanol–water partition coefficient (Wildman–Crippen LogP) is 1.26. The molecule has 0 aromatic heterocycles. The number of nitrogens with zero attached hydrogens (tertiary/aromatic N) is 1. The van der Waals surface area contributed by atoms with Gasteiger partial charge in [-0.2, -0.15) is 0 Å². The van der Waals surface area contributed by atoms with Crippen LogP contribution in [0.2, 0.25) is 0 Å². The normalized spacial score (nSPS) is 22.6. The standard InChI is InChI=1S/C14H20N2O3/c1-9-5-6-16(13(9)8-17)12-4-3-10(7-11(12)15)14(18)19-2/h3-4,7,9,13,17H,5-6,8,15H2,1-2H3. The molecule has 19 heavy (non-hydrogen) atoms. The largest absolute Gasteiger partial charge is 0.465 e. The number of anilines is 2. The van der Waals surface area contributed by atoms with Crippen LogP contribution in [-0.2, 0) is 4.74 Å². The Kier molecular flexibility index (Phi) is 3.95. The molecule has 0 saturated carbocycles. The summed E-state index contributed by atoms with van der Waals surface area (Å²) in [5.74, 6) is 0.0384. The average Bonchev–Trinajstić information content (AvgIpc) is 2.78. The van der Waals surface area contributed by atoms with Gasteiger partial charge in [0.15, 0.2) is 0 Å². The smallest absolute Gasteiger partial charge is 0.337 e. The molecule has 0 amide bonds. The SMILES string of the molecule is COC(=O)c1ccc(N2CCC(C)C2CO)c(N)c1. The van der Waals surface area contributed by atoms with Crippen molar-refractivity contribution in [3.05, 3.63) is 23.8 Å². The number of aliphatic hydroxyl groups is 1. The number of ether oxygens (including phenoxy) is 1. The van der Waals surface area contributed by atoms with Gasteiger partial charge in [-0.25, -0.2) is 4.79 Å². The minimum Gasteiger partial charge on any atom is -0.465 e. The molecule has 1 aromatic rings. The summed E-state index contributed by atoms with van der Waals surface area (Å²) in [5, 5.41) is 9.48. The molecule has 1 aliphatic heterocycles. The van der Waals surface area contributed by atoms with Gasteiger partial charge < -0.3 is 20.5 Å². The number of esters is 1. The lowest BCUT2D eigenvalue weighted by Crippen LogP contribution is -2.35. The van der Waals surface area contributed by atoms with Crippen LogP contribution >= 0.6 is 0 Å². The topological polar surface area (TPSA) is 75.8 Å². The van der Waals surface area contributed by atoms with E-state index >= 15 is 0 Å². The number of carbonyl (C=O) groups excluding carboxylic acids is 1. The van der Waals surface area contributed by atoms with Crippen molar-refractivity contribution in [3.63, 3.8) is 0 Å². The molecule has 1 heterocycles. The molecule has 2 rings (SSSR count). The first kappa shape index (κ1) is 13.7. The van der Waals surface area contributed by atoms with Crippen LogP contribution in [0.15, 0.2) is 18.2 Å². The van der Waals surface area contributed by atoms with Crippen LogP contribution in [0.4, 0.5) is 11.4 Å². The van der Waals surface area contributed by atoms with Crippen molar-refractivity contribution < 1.29 is 14.6 Å². The van der Waals surface area contributed by atoms with E-state index in [0.29, 0.717) is 17.2 Å². The lowest BCUT2D eigenvalue weighted by molar-refractivity contribution is 0.0601. The minimum absolute atomic E-state index is 0.0891. The highest BCUT2D eigenvalue weighted by atomic mass is 16.5. The Morgan fingerprint density at radius 1 is 1.58 bits per heavy atom. The van der Waals surface area contributed by atoms with Crippen LogP contribution < -0.4 is 10.6 Å². The first-order chi connectivity index (χ1) is 9.08. The zero-order valence-electron chi connectivity index (χ0n) is 11.3. The molecule has 1 aliphatic rings. The van der Waals surface area contributed by atoms with Gasteiger partial charge in [0.2, 0.25) is 0 Å². The van der Waals surface area contributed by atoms with Crippen molar-refractivity contribution in [1.82, 2.24) is 0 Å². The molecule has 0 spiro atoms. The summed E-state index contributed by atoms with van der Waals surface area (Å²) < 4.78 is 4.67. The Balaban J connectivity index is 2.29. The summed E-state index contributed by atoms with van der Waals surface area (Å²) in [5.41, 5.74) is 7.88. The second kappa shape index (κ2) is 5.48. The van der Waals surface area contributed by atoms with Crippen molar-refractivity contribution >= 4 is 17.3 Å². The highest BCUT2D eigenvalue weighted by Gasteiger charge is 2.31. The van der Waals surface area contributed by atoms with E-state index in [9.17, 15) is 9.90 Å². The summed E-state index contributed by atoms with van der Waals surface area (Å²) in [7, 11) is 1.34. The molecule has 1 aromatic carbocycles. The van der Waals surface area contributed by atoms with E-state index in [2.05, 4.69) is 16.6 Å². The van der Waals surface area contributed by atoms with Gasteiger partial charge in [0.1, 0.15) is 0 Å². The number of nitrogen functional groups attached to an aromatic ring is 1. The molecule has 5 nitrogen and oxygen atoms in total. The summed E-state index contributed by atoms with van der Waals surface area (Å²) in [6, 6.07) is 5.24. The van der Waals surface area contributed by atoms with E-state index in [4.69, 9.17) is 5.73 Å². The van der Waals surface area contributed by atoms with E-state index in [1.807, 2.05) is 6.07 Å². The van der Waals surface area contributed by atoms with Gasteiger partial charge in [0, 0.05) is 6.54 Å². The van der Waals surface area contributed by atoms with Crippen molar-refractivity contribution in [2.45, 2.75) is 19.4 Å². The fourth-order valence-corrected chi connectivity index (χ4v) is 2.65. The number of nitrogens with two attached hydrogens (primary N) is 1. The maximum absolute atomic E-state index is 11.4. The quantitative estimate of drug-likeness (QED) is 0.635. The Bertz CT molecular complexity index is 476. The Morgan fingerprint density at radius 2 is 2.32 bits per heavy atom. The zero-order chi connectivity index (χ0) is 14.0. The van der Waals surface area contributed by atoms with Gasteiger partial charge in [-0.1, -0.05) is 6.92 Å². The van der Waals surface area contributed by atoms with Crippen LogP contribution in [-0.4, -0.2) is 37.4 Å². The van der Waals surface area contributed by atoms with Gasteiger partial charge >= 0.3 is 5.97 Å². The van der Waals surface area contributed by atoms with Gasteiger partial charge in [0.05, 0.1) is 36.7 Å². The minimum atomic E-state index is -0.397. The van der Waals surface area contributed by atoms with Gasteiger partial charge in [-0.05, 0) is 30.5 Å². The molecule has 0 radical (unpaired) electrons. The maximum atomic E-state index is 11.4. The number of methoxy groups -OCH3 is 1. The van der Waals surface area contributed by atoms with E-state index in [0.717, 1.165) is 18.7 Å². The molecule has 1 fully saturated rings. The number of rotatable bonds is 3. The molecular formula is C14H20N2O3. The van der Waals surface area contributed by atoms with Crippen molar-refractivity contribution in [1.29, 1.82) is 0 Å². The predicted molar refractivity (Wildman–Crippen MR) is 74.2 cm³/mol. The van der Waals surface area contributed by atoms with Gasteiger partial charge in [-0.3, -0.25) is 0 Å². The first-order valence-corrected chi connectivity index (χ1v) is 6.43. The van der Waals surface area contributed by atoms with Crippen LogP contribution in [0.5, 0.6) is 0 Å². The van der Waals surface area contributed by atoms with Gasteiger partial charge in [-0.15, -0.1) is 0 Å². The summed E-state index contributed by atoms with van der Waals surface area (Å²) in [4.78, 5) is 13.6. The monoisotopic (exact) mass is 264 g/mol. The molecule has 0 bridgehead atoms. The average molecular weight is 264 g/mol. The fourth-order valence-electron chi connectivity index (χ4n) is 2.65. The van der Waals surface area contributed by atoms with Crippen LogP contribution in [0.25, 0.3) is 0 Å². The molecule has 2 atom stereocenters. The molecule has 1 saturated heterocycles. The summed E-state index contributed by atoms with van der Waals surface area (Å²) >= 11 is 0. The zero-order valence-corrected chi connectivity index (χ0v) is 11.3. The fraction of sp³-hybridized carbons (Fsp3) is 0.500.